The molecule has 0 unspecified atom stereocenters. The number of aryl methyl sites for hydroxylation is 2. The van der Waals surface area contributed by atoms with E-state index >= 15 is 0 Å². The zero-order chi connectivity index (χ0) is 19.7. The number of carbonyl (C=O) groups excluding carboxylic acids is 1. The summed E-state index contributed by atoms with van der Waals surface area (Å²) in [5.74, 6) is -1.44. The minimum absolute atomic E-state index is 0.102. The molecule has 28 heavy (non-hydrogen) atoms. The molecule has 0 radical (unpaired) electrons. The number of hydrogen-bond acceptors (Lipinski definition) is 4. The van der Waals surface area contributed by atoms with Crippen molar-refractivity contribution in [2.45, 2.75) is 24.2 Å². The van der Waals surface area contributed by atoms with Crippen LogP contribution in [0.4, 0.5) is 10.1 Å². The summed E-state index contributed by atoms with van der Waals surface area (Å²) in [4.78, 5) is 12.5. The van der Waals surface area contributed by atoms with Crippen LogP contribution in [0.3, 0.4) is 0 Å². The summed E-state index contributed by atoms with van der Waals surface area (Å²) in [6.07, 6.45) is 3.07. The molecule has 2 aromatic carbocycles. The number of benzene rings is 2. The van der Waals surface area contributed by atoms with Gasteiger partial charge in [0.25, 0.3) is 5.91 Å². The van der Waals surface area contributed by atoms with E-state index in [0.29, 0.717) is 18.9 Å². The lowest BCUT2D eigenvalue weighted by Crippen LogP contribution is -2.40. The van der Waals surface area contributed by atoms with Crippen molar-refractivity contribution in [3.63, 3.8) is 0 Å². The number of nitrogens with one attached hydrogen (secondary N) is 1. The summed E-state index contributed by atoms with van der Waals surface area (Å²) in [6, 6.07) is 8.95. The molecule has 0 bridgehead atoms. The van der Waals surface area contributed by atoms with Crippen LogP contribution in [0, 0.1) is 5.82 Å². The van der Waals surface area contributed by atoms with Crippen molar-refractivity contribution in [3.8, 4) is 0 Å². The minimum atomic E-state index is -3.81. The molecule has 1 fully saturated rings. The molecule has 1 N–H and O–H groups in total. The standard InChI is InChI=1S/C20H21FN2O4S/c21-19-7-6-17(28(25,26)23-8-10-27-11-9-23)13-18(19)20(24)22-16-5-4-14-2-1-3-15(14)12-16/h4-7,12-13H,1-3,8-11H2,(H,22,24). The summed E-state index contributed by atoms with van der Waals surface area (Å²) < 4.78 is 46.3. The van der Waals surface area contributed by atoms with E-state index in [9.17, 15) is 17.6 Å². The molecule has 0 aromatic heterocycles. The number of morpholine rings is 1. The second-order valence-electron chi connectivity index (χ2n) is 6.95. The first-order valence-electron chi connectivity index (χ1n) is 9.26. The SMILES string of the molecule is O=C(Nc1ccc2c(c1)CCC2)c1cc(S(=O)(=O)N2CCOCC2)ccc1F. The Kier molecular flexibility index (Phi) is 5.18. The van der Waals surface area contributed by atoms with Gasteiger partial charge in [0.05, 0.1) is 23.7 Å². The van der Waals surface area contributed by atoms with Gasteiger partial charge in [-0.2, -0.15) is 4.31 Å². The second-order valence-corrected chi connectivity index (χ2v) is 8.89. The van der Waals surface area contributed by atoms with Crippen LogP contribution in [0.25, 0.3) is 0 Å². The van der Waals surface area contributed by atoms with Crippen LogP contribution in [0.15, 0.2) is 41.3 Å². The average Bonchev–Trinajstić information content (AvgIpc) is 3.16. The van der Waals surface area contributed by atoms with Crippen LogP contribution in [-0.2, 0) is 27.6 Å². The van der Waals surface area contributed by atoms with Crippen LogP contribution in [0.1, 0.15) is 27.9 Å². The number of amides is 1. The van der Waals surface area contributed by atoms with Gasteiger partial charge in [-0.05, 0) is 60.7 Å². The van der Waals surface area contributed by atoms with E-state index in [1.807, 2.05) is 12.1 Å². The molecule has 4 rings (SSSR count). The molecular formula is C20H21FN2O4S. The molecule has 2 aliphatic rings. The molecule has 1 aliphatic heterocycles. The first kappa shape index (κ1) is 19.0. The van der Waals surface area contributed by atoms with Gasteiger partial charge >= 0.3 is 0 Å². The number of anilines is 1. The number of rotatable bonds is 4. The molecule has 1 amide bonds. The minimum Gasteiger partial charge on any atom is -0.379 e. The van der Waals surface area contributed by atoms with Crippen molar-refractivity contribution < 1.29 is 22.3 Å². The van der Waals surface area contributed by atoms with Gasteiger partial charge in [0.1, 0.15) is 5.82 Å². The molecule has 2 aromatic rings. The van der Waals surface area contributed by atoms with Crippen LogP contribution in [-0.4, -0.2) is 44.9 Å². The number of fused-ring (bicyclic) bond motifs is 1. The maximum absolute atomic E-state index is 14.3. The van der Waals surface area contributed by atoms with Gasteiger partial charge < -0.3 is 10.1 Å². The van der Waals surface area contributed by atoms with Crippen molar-refractivity contribution >= 4 is 21.6 Å². The van der Waals surface area contributed by atoms with Crippen LogP contribution in [0.5, 0.6) is 0 Å². The van der Waals surface area contributed by atoms with Crippen LogP contribution < -0.4 is 5.32 Å². The summed E-state index contributed by atoms with van der Waals surface area (Å²) in [5, 5.41) is 2.68. The van der Waals surface area contributed by atoms with E-state index in [0.717, 1.165) is 31.4 Å². The van der Waals surface area contributed by atoms with E-state index < -0.39 is 21.7 Å². The Balaban J connectivity index is 1.59. The largest absolute Gasteiger partial charge is 0.379 e. The van der Waals surface area contributed by atoms with Gasteiger partial charge in [-0.1, -0.05) is 6.07 Å². The zero-order valence-electron chi connectivity index (χ0n) is 15.3. The van der Waals surface area contributed by atoms with Gasteiger partial charge in [0.2, 0.25) is 10.0 Å². The van der Waals surface area contributed by atoms with Crippen LogP contribution in [0.2, 0.25) is 0 Å². The molecule has 8 heteroatoms. The molecule has 6 nitrogen and oxygen atoms in total. The predicted octanol–water partition coefficient (Wildman–Crippen LogP) is 2.59. The number of halogens is 1. The number of nitrogens with zero attached hydrogens (tertiary/aromatic N) is 1. The maximum atomic E-state index is 14.3. The predicted molar refractivity (Wildman–Crippen MR) is 102 cm³/mol. The molecule has 1 heterocycles. The van der Waals surface area contributed by atoms with Gasteiger partial charge in [-0.15, -0.1) is 0 Å². The molecule has 1 aliphatic carbocycles. The van der Waals surface area contributed by atoms with Crippen molar-refractivity contribution in [2.75, 3.05) is 31.6 Å². The van der Waals surface area contributed by atoms with Crippen molar-refractivity contribution in [1.29, 1.82) is 0 Å². The smallest absolute Gasteiger partial charge is 0.258 e. The lowest BCUT2D eigenvalue weighted by molar-refractivity contribution is 0.0730. The fourth-order valence-corrected chi connectivity index (χ4v) is 5.06. The van der Waals surface area contributed by atoms with Crippen molar-refractivity contribution in [1.82, 2.24) is 4.31 Å². The second kappa shape index (κ2) is 7.62. The van der Waals surface area contributed by atoms with Gasteiger partial charge in [0, 0.05) is 18.8 Å². The number of carbonyl (C=O) groups is 1. The van der Waals surface area contributed by atoms with E-state index in [1.54, 1.807) is 6.07 Å². The van der Waals surface area contributed by atoms with E-state index in [-0.39, 0.29) is 23.5 Å². The summed E-state index contributed by atoms with van der Waals surface area (Å²) in [5.41, 5.74) is 2.73. The Labute approximate surface area is 163 Å². The fraction of sp³-hybridized carbons (Fsp3) is 0.350. The summed E-state index contributed by atoms with van der Waals surface area (Å²) >= 11 is 0. The van der Waals surface area contributed by atoms with Gasteiger partial charge in [-0.25, -0.2) is 12.8 Å². The van der Waals surface area contributed by atoms with Crippen molar-refractivity contribution in [2.24, 2.45) is 0 Å². The fourth-order valence-electron chi connectivity index (χ4n) is 3.62. The third-order valence-corrected chi connectivity index (χ3v) is 7.04. The first-order valence-corrected chi connectivity index (χ1v) is 10.7. The zero-order valence-corrected chi connectivity index (χ0v) is 16.1. The van der Waals surface area contributed by atoms with Crippen molar-refractivity contribution in [3.05, 3.63) is 58.9 Å². The summed E-state index contributed by atoms with van der Waals surface area (Å²) in [7, 11) is -3.81. The van der Waals surface area contributed by atoms with Gasteiger partial charge in [-0.3, -0.25) is 4.79 Å². The topological polar surface area (TPSA) is 75.7 Å². The number of ether oxygens (including phenoxy) is 1. The van der Waals surface area contributed by atoms with E-state index in [2.05, 4.69) is 5.32 Å². The quantitative estimate of drug-likeness (QED) is 0.850. The highest BCUT2D eigenvalue weighted by atomic mass is 32.2. The molecular weight excluding hydrogens is 383 g/mol. The normalized spacial score (nSPS) is 17.3. The third kappa shape index (κ3) is 3.67. The maximum Gasteiger partial charge on any atom is 0.258 e. The number of hydrogen-bond donors (Lipinski definition) is 1. The number of sulfonamides is 1. The van der Waals surface area contributed by atoms with E-state index in [1.165, 1.54) is 21.5 Å². The highest BCUT2D eigenvalue weighted by Gasteiger charge is 2.28. The Bertz CT molecular complexity index is 1020. The van der Waals surface area contributed by atoms with Gasteiger partial charge in [0.15, 0.2) is 0 Å². The van der Waals surface area contributed by atoms with E-state index in [4.69, 9.17) is 4.74 Å². The lowest BCUT2D eigenvalue weighted by Gasteiger charge is -2.26. The average molecular weight is 404 g/mol. The first-order chi connectivity index (χ1) is 13.4. The monoisotopic (exact) mass is 404 g/mol. The molecule has 0 atom stereocenters. The molecule has 0 spiro atoms. The highest BCUT2D eigenvalue weighted by molar-refractivity contribution is 7.89. The summed E-state index contributed by atoms with van der Waals surface area (Å²) in [6.45, 7) is 1.09. The Morgan fingerprint density at radius 1 is 1.04 bits per heavy atom. The third-order valence-electron chi connectivity index (χ3n) is 5.15. The highest BCUT2D eigenvalue weighted by Crippen LogP contribution is 2.26. The Morgan fingerprint density at radius 3 is 2.57 bits per heavy atom. The molecule has 0 saturated carbocycles. The molecule has 148 valence electrons. The van der Waals surface area contributed by atoms with Crippen LogP contribution >= 0.6 is 0 Å². The lowest BCUT2D eigenvalue weighted by atomic mass is 10.1. The Hall–Kier alpha value is -2.29. The molecule has 1 saturated heterocycles. The Morgan fingerprint density at radius 2 is 1.79 bits per heavy atom.